The van der Waals surface area contributed by atoms with E-state index in [1.807, 2.05) is 0 Å². The van der Waals surface area contributed by atoms with Gasteiger partial charge in [-0.15, -0.1) is 0 Å². The summed E-state index contributed by atoms with van der Waals surface area (Å²) in [4.78, 5) is 2.41. The first-order valence-corrected chi connectivity index (χ1v) is 7.10. The van der Waals surface area contributed by atoms with Crippen molar-refractivity contribution in [3.8, 4) is 0 Å². The summed E-state index contributed by atoms with van der Waals surface area (Å²) in [5.74, 6) is 1.51. The lowest BCUT2D eigenvalue weighted by Crippen LogP contribution is -2.64. The van der Waals surface area contributed by atoms with Crippen molar-refractivity contribution in [2.75, 3.05) is 26.3 Å². The Labute approximate surface area is 105 Å². The maximum Gasteiger partial charge on any atom is 0.102 e. The van der Waals surface area contributed by atoms with Crippen LogP contribution < -0.4 is 5.32 Å². The molecule has 1 saturated heterocycles. The van der Waals surface area contributed by atoms with Crippen molar-refractivity contribution >= 4 is 0 Å². The summed E-state index contributed by atoms with van der Waals surface area (Å²) in [6.07, 6.45) is 3.86. The van der Waals surface area contributed by atoms with Gasteiger partial charge in [0.1, 0.15) is 6.67 Å². The van der Waals surface area contributed by atoms with E-state index in [2.05, 4.69) is 31.0 Å². The number of piperazine rings is 1. The van der Waals surface area contributed by atoms with Crippen molar-refractivity contribution in [2.24, 2.45) is 11.8 Å². The van der Waals surface area contributed by atoms with Crippen LogP contribution in [0.2, 0.25) is 0 Å². The molecule has 17 heavy (non-hydrogen) atoms. The van der Waals surface area contributed by atoms with Crippen molar-refractivity contribution in [2.45, 2.75) is 51.6 Å². The fraction of sp³-hybridized carbons (Fsp3) is 1.00. The van der Waals surface area contributed by atoms with Gasteiger partial charge in [-0.1, -0.05) is 13.8 Å². The smallest absolute Gasteiger partial charge is 0.102 e. The molecule has 2 nitrogen and oxygen atoms in total. The molecule has 1 N–H and O–H groups in total. The third-order valence-corrected chi connectivity index (χ3v) is 4.48. The van der Waals surface area contributed by atoms with E-state index in [1.54, 1.807) is 0 Å². The highest BCUT2D eigenvalue weighted by molar-refractivity contribution is 5.04. The van der Waals surface area contributed by atoms with Gasteiger partial charge in [0.05, 0.1) is 0 Å². The summed E-state index contributed by atoms with van der Waals surface area (Å²) in [7, 11) is 0. The van der Waals surface area contributed by atoms with Crippen LogP contribution in [0.5, 0.6) is 0 Å². The van der Waals surface area contributed by atoms with Crippen molar-refractivity contribution in [1.82, 2.24) is 10.2 Å². The molecule has 1 aliphatic heterocycles. The van der Waals surface area contributed by atoms with Crippen LogP contribution in [-0.4, -0.2) is 42.8 Å². The van der Waals surface area contributed by atoms with Crippen molar-refractivity contribution in [3.05, 3.63) is 0 Å². The van der Waals surface area contributed by atoms with E-state index in [4.69, 9.17) is 0 Å². The molecule has 0 aromatic carbocycles. The Morgan fingerprint density at radius 3 is 2.65 bits per heavy atom. The summed E-state index contributed by atoms with van der Waals surface area (Å²) < 4.78 is 12.7. The van der Waals surface area contributed by atoms with E-state index in [9.17, 15) is 4.39 Å². The first-order chi connectivity index (χ1) is 8.06. The molecule has 1 heterocycles. The zero-order valence-electron chi connectivity index (χ0n) is 11.5. The number of halogens is 1. The topological polar surface area (TPSA) is 15.3 Å². The molecule has 0 aromatic heterocycles. The molecule has 0 amide bonds. The van der Waals surface area contributed by atoms with Crippen LogP contribution in [0, 0.1) is 11.8 Å². The predicted octanol–water partition coefficient (Wildman–Crippen LogP) is 2.44. The summed E-state index contributed by atoms with van der Waals surface area (Å²) in [5, 5.41) is 3.69. The Kier molecular flexibility index (Phi) is 4.09. The minimum absolute atomic E-state index is 0.208. The zero-order valence-corrected chi connectivity index (χ0v) is 11.5. The van der Waals surface area contributed by atoms with Crippen LogP contribution in [0.1, 0.15) is 40.0 Å². The van der Waals surface area contributed by atoms with Gasteiger partial charge < -0.3 is 5.32 Å². The Morgan fingerprint density at radius 2 is 2.12 bits per heavy atom. The van der Waals surface area contributed by atoms with Crippen LogP contribution in [0.3, 0.4) is 0 Å². The van der Waals surface area contributed by atoms with Gasteiger partial charge in [-0.05, 0) is 38.0 Å². The van der Waals surface area contributed by atoms with Gasteiger partial charge in [-0.25, -0.2) is 4.39 Å². The number of hydrogen-bond donors (Lipinski definition) is 1. The standard InChI is InChI=1S/C14H27FN2/c1-11(2)8-13-9-17(7-6-15)14(3,10-16-13)12-4-5-12/h11-13,16H,4-10H2,1-3H3. The molecule has 0 spiro atoms. The lowest BCUT2D eigenvalue weighted by Gasteiger charge is -2.48. The first-order valence-electron chi connectivity index (χ1n) is 7.10. The summed E-state index contributed by atoms with van der Waals surface area (Å²) in [5.41, 5.74) is 0.208. The third-order valence-electron chi connectivity index (χ3n) is 4.48. The second-order valence-electron chi connectivity index (χ2n) is 6.47. The molecule has 2 fully saturated rings. The van der Waals surface area contributed by atoms with Crippen molar-refractivity contribution < 1.29 is 4.39 Å². The molecule has 3 heteroatoms. The number of rotatable bonds is 5. The van der Waals surface area contributed by atoms with Crippen molar-refractivity contribution in [3.63, 3.8) is 0 Å². The Morgan fingerprint density at radius 1 is 1.41 bits per heavy atom. The van der Waals surface area contributed by atoms with Crippen LogP contribution >= 0.6 is 0 Å². The van der Waals surface area contributed by atoms with Gasteiger partial charge in [-0.3, -0.25) is 4.90 Å². The molecule has 2 aliphatic rings. The van der Waals surface area contributed by atoms with E-state index < -0.39 is 0 Å². The molecule has 2 unspecified atom stereocenters. The van der Waals surface area contributed by atoms with Gasteiger partial charge in [0.2, 0.25) is 0 Å². The third kappa shape index (κ3) is 3.00. The molecule has 1 aliphatic carbocycles. The highest BCUT2D eigenvalue weighted by Gasteiger charge is 2.47. The summed E-state index contributed by atoms with van der Waals surface area (Å²) in [6, 6.07) is 0.549. The Hall–Kier alpha value is -0.150. The van der Waals surface area contributed by atoms with E-state index in [1.165, 1.54) is 19.3 Å². The normalized spacial score (nSPS) is 35.5. The lowest BCUT2D eigenvalue weighted by molar-refractivity contribution is 0.0264. The van der Waals surface area contributed by atoms with Crippen LogP contribution in [-0.2, 0) is 0 Å². The average Bonchev–Trinajstić information content (AvgIpc) is 3.06. The summed E-state index contributed by atoms with van der Waals surface area (Å²) in [6.45, 7) is 9.30. The monoisotopic (exact) mass is 242 g/mol. The SMILES string of the molecule is CC(C)CC1CN(CCF)C(C)(C2CC2)CN1. The zero-order chi connectivity index (χ0) is 12.5. The molecular weight excluding hydrogens is 215 g/mol. The van der Waals surface area contributed by atoms with E-state index in [0.717, 1.165) is 19.0 Å². The van der Waals surface area contributed by atoms with Gasteiger partial charge in [0.25, 0.3) is 0 Å². The second-order valence-corrected chi connectivity index (χ2v) is 6.47. The van der Waals surface area contributed by atoms with E-state index in [-0.39, 0.29) is 12.2 Å². The maximum atomic E-state index is 12.7. The largest absolute Gasteiger partial charge is 0.311 e. The summed E-state index contributed by atoms with van der Waals surface area (Å²) >= 11 is 0. The molecule has 0 bridgehead atoms. The maximum absolute atomic E-state index is 12.7. The molecule has 0 aromatic rings. The lowest BCUT2D eigenvalue weighted by atomic mass is 9.88. The average molecular weight is 242 g/mol. The van der Waals surface area contributed by atoms with Crippen molar-refractivity contribution in [1.29, 1.82) is 0 Å². The Bertz CT molecular complexity index is 253. The number of nitrogens with zero attached hydrogens (tertiary/aromatic N) is 1. The fourth-order valence-corrected chi connectivity index (χ4v) is 3.29. The highest BCUT2D eigenvalue weighted by Crippen LogP contribution is 2.44. The van der Waals surface area contributed by atoms with Gasteiger partial charge in [0.15, 0.2) is 0 Å². The van der Waals surface area contributed by atoms with Crippen LogP contribution in [0.25, 0.3) is 0 Å². The first kappa shape index (κ1) is 13.3. The van der Waals surface area contributed by atoms with Gasteiger partial charge >= 0.3 is 0 Å². The quantitative estimate of drug-likeness (QED) is 0.796. The minimum Gasteiger partial charge on any atom is -0.311 e. The van der Waals surface area contributed by atoms with Gasteiger partial charge in [0, 0.05) is 31.2 Å². The second kappa shape index (κ2) is 5.23. The molecule has 2 rings (SSSR count). The van der Waals surface area contributed by atoms with Crippen LogP contribution in [0.15, 0.2) is 0 Å². The Balaban J connectivity index is 1.97. The molecular formula is C14H27FN2. The molecule has 1 saturated carbocycles. The molecule has 0 radical (unpaired) electrons. The van der Waals surface area contributed by atoms with Gasteiger partial charge in [-0.2, -0.15) is 0 Å². The predicted molar refractivity (Wildman–Crippen MR) is 69.9 cm³/mol. The highest BCUT2D eigenvalue weighted by atomic mass is 19.1. The minimum atomic E-state index is -0.212. The fourth-order valence-electron chi connectivity index (χ4n) is 3.29. The molecule has 2 atom stereocenters. The number of alkyl halides is 1. The number of hydrogen-bond acceptors (Lipinski definition) is 2. The molecule has 100 valence electrons. The van der Waals surface area contributed by atoms with E-state index in [0.29, 0.717) is 18.5 Å². The van der Waals surface area contributed by atoms with E-state index >= 15 is 0 Å². The number of nitrogens with one attached hydrogen (secondary N) is 1. The van der Waals surface area contributed by atoms with Crippen LogP contribution in [0.4, 0.5) is 4.39 Å².